The molecule has 366 valence electrons. The van der Waals surface area contributed by atoms with Crippen LogP contribution in [0.15, 0.2) is 108 Å². The molecule has 0 aliphatic heterocycles. The summed E-state index contributed by atoms with van der Waals surface area (Å²) in [6.07, 6.45) is 0.291. The van der Waals surface area contributed by atoms with Gasteiger partial charge in [0.05, 0.1) is 23.6 Å². The van der Waals surface area contributed by atoms with Crippen LogP contribution in [-0.4, -0.2) is 126 Å². The second kappa shape index (κ2) is 20.1. The number of rotatable bonds is 17. The predicted octanol–water partition coefficient (Wildman–Crippen LogP) is 3.02. The number of methoxy groups -OCH3 is 3. The number of aliphatic hydroxyl groups excluding tert-OH is 3. The molecule has 0 fully saturated rings. The van der Waals surface area contributed by atoms with Crippen molar-refractivity contribution in [3.05, 3.63) is 119 Å². The van der Waals surface area contributed by atoms with Gasteiger partial charge >= 0.3 is 237 Å². The van der Waals surface area contributed by atoms with E-state index in [-0.39, 0.29) is 42.1 Å². The Morgan fingerprint density at radius 2 is 1.29 bits per heavy atom. The minimum atomic E-state index is -3.06. The summed E-state index contributed by atoms with van der Waals surface area (Å²) in [5, 5.41) is 66.9. The fourth-order valence-electron chi connectivity index (χ4n) is 10.6. The molecule has 4 aromatic rings. The van der Waals surface area contributed by atoms with Crippen LogP contribution in [0.25, 0.3) is 0 Å². The fraction of sp³-hybridized carbons (Fsp3) is 0.353. The summed E-state index contributed by atoms with van der Waals surface area (Å²) in [4.78, 5) is 68.0. The molecule has 3 amide bonds. The van der Waals surface area contributed by atoms with Crippen molar-refractivity contribution in [1.29, 1.82) is 0 Å². The van der Waals surface area contributed by atoms with Crippen LogP contribution in [0.4, 0.5) is 5.69 Å². The molecule has 3 aliphatic carbocycles. The zero-order valence-electron chi connectivity index (χ0n) is 39.2. The van der Waals surface area contributed by atoms with Crippen molar-refractivity contribution in [2.75, 3.05) is 53.4 Å². The van der Waals surface area contributed by atoms with Crippen molar-refractivity contribution in [1.82, 2.24) is 10.2 Å². The molecular weight excluding hydrogens is 908 g/mol. The molecule has 0 bridgehead atoms. The number of carbonyl (C=O) groups excluding carboxylic acids is 5. The van der Waals surface area contributed by atoms with Crippen molar-refractivity contribution in [3.8, 4) is 23.0 Å². The van der Waals surface area contributed by atoms with Crippen LogP contribution in [0.5, 0.6) is 23.0 Å². The number of nitrogens with zero attached hydrogens (tertiary/aromatic N) is 1. The van der Waals surface area contributed by atoms with Gasteiger partial charge in [0.15, 0.2) is 11.4 Å². The Balaban J connectivity index is 1.03. The van der Waals surface area contributed by atoms with E-state index in [0.29, 0.717) is 12.8 Å². The maximum atomic E-state index is 14.3. The van der Waals surface area contributed by atoms with E-state index in [0.717, 1.165) is 39.3 Å². The van der Waals surface area contributed by atoms with Gasteiger partial charge in [0.25, 0.3) is 5.91 Å². The Morgan fingerprint density at radius 3 is 1.77 bits per heavy atom. The average molecular weight is 967 g/mol. The molecule has 0 saturated heterocycles. The Morgan fingerprint density at radius 1 is 0.768 bits per heavy atom. The number of nitrogens with one attached hydrogen (secondary N) is 2. The summed E-state index contributed by atoms with van der Waals surface area (Å²) in [5.41, 5.74) is 0.512. The topological polar surface area (TPSA) is 268 Å². The Kier molecular flexibility index (Phi) is 14.6. The number of aliphatic hydroxyl groups is 4. The van der Waals surface area contributed by atoms with Crippen LogP contribution >= 0.6 is 7.26 Å². The van der Waals surface area contributed by atoms with Gasteiger partial charge in [-0.25, -0.2) is 0 Å². The second-order valence-corrected chi connectivity index (χ2v) is 22.0. The standard InChI is InChI=1S/C51H59N4O13P/c1-27-34-22-23-35(44(58)39(34)45(59)40-38(27)46(60)42-43(55(2)3)47(61)41(50(52)64)49(63)51(42,65)48(40)62)54-37(57)24-25-53-36(56)9-7-8-26-69(31-16-10-28(66-4)11-17-31,32-18-12-29(67-5)13-19-32)33-20-14-30(68-6)15-21-33/h10-23,27,38,42-43,46,58,60-62,65,69H,7-9,24-26H2,1-6H3,(H2,52,64)(H,53,56)(H,54,57)/t27-,38+,42+,43-,46-,51-/m0/s1. The van der Waals surface area contributed by atoms with Gasteiger partial charge in [-0.05, 0) is 25.6 Å². The molecule has 69 heavy (non-hydrogen) atoms. The molecule has 4 aromatic carbocycles. The number of ketones is 2. The number of aromatic hydroxyl groups is 1. The first kappa shape index (κ1) is 50.1. The SMILES string of the molecule is COc1ccc([PH](CCCCC(=O)NCCC(=O)Nc2ccc3c(c2O)C(=O)C2=C(O)[C@]4(O)C(=O)C(C(N)=O)=C(O)[C@@H](N(C)C)[C@@H]4[C@@H](O)[C@@H]2[C@H]3C)(c2ccc(OC)cc2)c2ccc(OC)cc2)cc1. The second-order valence-electron chi connectivity index (χ2n) is 17.9. The summed E-state index contributed by atoms with van der Waals surface area (Å²) in [7, 11) is 5.08. The number of Topliss-reactive ketones (excluding diaryl/α,β-unsaturated/α-hetero) is 2. The van der Waals surface area contributed by atoms with Crippen LogP contribution in [-0.2, 0) is 19.2 Å². The number of primary amides is 1. The molecule has 7 rings (SSSR count). The maximum absolute atomic E-state index is 14.3. The number of benzene rings is 4. The fourth-order valence-corrected chi connectivity index (χ4v) is 15.4. The Labute approximate surface area is 399 Å². The zero-order valence-corrected chi connectivity index (χ0v) is 40.2. The number of nitrogens with two attached hydrogens (primary N) is 1. The van der Waals surface area contributed by atoms with Gasteiger partial charge in [-0.2, -0.15) is 0 Å². The molecule has 6 atom stereocenters. The number of unbranched alkanes of at least 4 members (excludes halogenated alkanes) is 1. The molecule has 0 saturated carbocycles. The summed E-state index contributed by atoms with van der Waals surface area (Å²) in [5.74, 6) is -8.91. The van der Waals surface area contributed by atoms with Gasteiger partial charge in [0, 0.05) is 11.5 Å². The van der Waals surface area contributed by atoms with E-state index in [1.807, 2.05) is 36.4 Å². The summed E-state index contributed by atoms with van der Waals surface area (Å²) >= 11 is 0. The van der Waals surface area contributed by atoms with E-state index in [9.17, 15) is 49.5 Å². The third-order valence-electron chi connectivity index (χ3n) is 14.0. The zero-order chi connectivity index (χ0) is 50.1. The average Bonchev–Trinajstić information content (AvgIpc) is 3.33. The number of likely N-dealkylation sites (N-methyl/N-ethyl adjacent to an activating group) is 1. The molecule has 0 heterocycles. The van der Waals surface area contributed by atoms with Gasteiger partial charge in [-0.3, -0.25) is 19.3 Å². The first-order valence-corrected chi connectivity index (χ1v) is 24.8. The molecule has 0 radical (unpaired) electrons. The van der Waals surface area contributed by atoms with E-state index in [4.69, 9.17) is 19.9 Å². The number of fused-ring (bicyclic) bond motifs is 3. The molecule has 0 unspecified atom stereocenters. The minimum absolute atomic E-state index is 0.0338. The van der Waals surface area contributed by atoms with Gasteiger partial charge in [0.1, 0.15) is 17.1 Å². The molecule has 3 aliphatic rings. The van der Waals surface area contributed by atoms with Crippen molar-refractivity contribution < 1.29 is 63.7 Å². The first-order valence-electron chi connectivity index (χ1n) is 22.6. The van der Waals surface area contributed by atoms with E-state index >= 15 is 0 Å². The summed E-state index contributed by atoms with van der Waals surface area (Å²) in [6, 6.07) is 25.8. The van der Waals surface area contributed by atoms with Crippen LogP contribution in [0.2, 0.25) is 0 Å². The van der Waals surface area contributed by atoms with Crippen LogP contribution < -0.4 is 46.5 Å². The van der Waals surface area contributed by atoms with E-state index < -0.39 is 94.6 Å². The third kappa shape index (κ3) is 8.80. The van der Waals surface area contributed by atoms with Crippen molar-refractivity contribution in [2.45, 2.75) is 56.3 Å². The number of carbonyl (C=O) groups is 5. The van der Waals surface area contributed by atoms with Gasteiger partial charge in [0.2, 0.25) is 5.78 Å². The summed E-state index contributed by atoms with van der Waals surface area (Å²) < 4.78 is 16.5. The molecule has 0 spiro atoms. The Bertz CT molecular complexity index is 2610. The number of amides is 3. The normalized spacial score (nSPS) is 22.3. The number of hydrogen-bond acceptors (Lipinski definition) is 14. The van der Waals surface area contributed by atoms with E-state index in [2.05, 4.69) is 47.0 Å². The molecular formula is C51H59N4O13P. The molecule has 17 nitrogen and oxygen atoms in total. The predicted molar refractivity (Wildman–Crippen MR) is 261 cm³/mol. The van der Waals surface area contributed by atoms with Crippen molar-refractivity contribution in [3.63, 3.8) is 0 Å². The quantitative estimate of drug-likeness (QED) is 0.0328. The van der Waals surface area contributed by atoms with Crippen molar-refractivity contribution >= 4 is 58.2 Å². The van der Waals surface area contributed by atoms with Crippen LogP contribution in [0, 0.1) is 11.8 Å². The van der Waals surface area contributed by atoms with Crippen LogP contribution in [0.1, 0.15) is 54.4 Å². The van der Waals surface area contributed by atoms with Crippen LogP contribution in [0.3, 0.4) is 0 Å². The van der Waals surface area contributed by atoms with E-state index in [1.54, 1.807) is 28.3 Å². The van der Waals surface area contributed by atoms with Gasteiger partial charge in [-0.1, -0.05) is 13.0 Å². The molecule has 9 N–H and O–H groups in total. The van der Waals surface area contributed by atoms with Crippen molar-refractivity contribution in [2.24, 2.45) is 17.6 Å². The third-order valence-corrected chi connectivity index (χ3v) is 19.1. The number of hydrogen-bond donors (Lipinski definition) is 8. The number of phenolic OH excluding ortho intramolecular Hbond substituents is 1. The number of phenols is 1. The van der Waals surface area contributed by atoms with Gasteiger partial charge < -0.3 is 31.3 Å². The Hall–Kier alpha value is -6.78. The van der Waals surface area contributed by atoms with Gasteiger partial charge in [-0.15, -0.1) is 0 Å². The molecule has 0 aromatic heterocycles. The number of ether oxygens (including phenoxy) is 3. The number of anilines is 1. The monoisotopic (exact) mass is 966 g/mol. The van der Waals surface area contributed by atoms with E-state index in [1.165, 1.54) is 31.1 Å². The molecule has 18 heteroatoms. The summed E-state index contributed by atoms with van der Waals surface area (Å²) in [6.45, 7) is 1.58. The first-order chi connectivity index (χ1) is 32.9.